The van der Waals surface area contributed by atoms with Gasteiger partial charge in [0.1, 0.15) is 11.7 Å². The third-order valence-corrected chi connectivity index (χ3v) is 2.78. The van der Waals surface area contributed by atoms with Crippen molar-refractivity contribution < 1.29 is 9.59 Å². The average molecular weight is 314 g/mol. The van der Waals surface area contributed by atoms with Crippen molar-refractivity contribution in [3.63, 3.8) is 0 Å². The number of nitrogens with one attached hydrogen (secondary N) is 1. The number of pyridine rings is 1. The Morgan fingerprint density at radius 3 is 2.80 bits per heavy atom. The largest absolute Gasteiger partial charge is 0.368 e. The number of anilines is 1. The van der Waals surface area contributed by atoms with Gasteiger partial charge in [0.15, 0.2) is 0 Å². The second-order valence-corrected chi connectivity index (χ2v) is 4.63. The maximum atomic E-state index is 12.0. The van der Waals surface area contributed by atoms with Crippen LogP contribution >= 0.6 is 23.2 Å². The lowest BCUT2D eigenvalue weighted by Gasteiger charge is -2.04. The lowest BCUT2D eigenvalue weighted by atomic mass is 10.2. The van der Waals surface area contributed by atoms with Gasteiger partial charge in [-0.25, -0.2) is 4.98 Å². The summed E-state index contributed by atoms with van der Waals surface area (Å²) < 4.78 is 1.30. The predicted molar refractivity (Wildman–Crippen MR) is 73.6 cm³/mol. The van der Waals surface area contributed by atoms with E-state index >= 15 is 0 Å². The van der Waals surface area contributed by atoms with E-state index in [2.05, 4.69) is 15.4 Å². The fourth-order valence-electron chi connectivity index (χ4n) is 1.46. The van der Waals surface area contributed by atoms with Crippen molar-refractivity contribution >= 4 is 40.7 Å². The molecule has 104 valence electrons. The van der Waals surface area contributed by atoms with Crippen LogP contribution in [0, 0.1) is 0 Å². The lowest BCUT2D eigenvalue weighted by Crippen LogP contribution is -2.18. The SMILES string of the molecule is NC(=O)Cn1cc(NC(=O)c2cc(Cl)ncc2Cl)cn1. The van der Waals surface area contributed by atoms with E-state index in [1.807, 2.05) is 0 Å². The molecule has 3 N–H and O–H groups in total. The maximum absolute atomic E-state index is 12.0. The third-order valence-electron chi connectivity index (χ3n) is 2.28. The Hall–Kier alpha value is -2.12. The molecule has 0 fully saturated rings. The van der Waals surface area contributed by atoms with Crippen molar-refractivity contribution in [3.8, 4) is 0 Å². The van der Waals surface area contributed by atoms with Gasteiger partial charge in [-0.1, -0.05) is 23.2 Å². The van der Waals surface area contributed by atoms with Crippen LogP contribution in [0.25, 0.3) is 0 Å². The number of halogens is 2. The minimum absolute atomic E-state index is 0.0717. The smallest absolute Gasteiger partial charge is 0.257 e. The summed E-state index contributed by atoms with van der Waals surface area (Å²) in [7, 11) is 0. The average Bonchev–Trinajstić information content (AvgIpc) is 2.78. The molecule has 0 saturated heterocycles. The topological polar surface area (TPSA) is 103 Å². The fraction of sp³-hybridized carbons (Fsp3) is 0.0909. The van der Waals surface area contributed by atoms with Gasteiger partial charge < -0.3 is 11.1 Å². The fourth-order valence-corrected chi connectivity index (χ4v) is 1.81. The van der Waals surface area contributed by atoms with E-state index in [9.17, 15) is 9.59 Å². The van der Waals surface area contributed by atoms with Crippen molar-refractivity contribution in [1.82, 2.24) is 14.8 Å². The highest BCUT2D eigenvalue weighted by Crippen LogP contribution is 2.19. The van der Waals surface area contributed by atoms with Gasteiger partial charge in [-0.2, -0.15) is 5.10 Å². The second kappa shape index (κ2) is 5.89. The Balaban J connectivity index is 2.13. The quantitative estimate of drug-likeness (QED) is 0.831. The molecule has 9 heteroatoms. The van der Waals surface area contributed by atoms with E-state index in [-0.39, 0.29) is 22.3 Å². The van der Waals surface area contributed by atoms with Crippen LogP contribution in [0.1, 0.15) is 10.4 Å². The maximum Gasteiger partial charge on any atom is 0.257 e. The second-order valence-electron chi connectivity index (χ2n) is 3.83. The first kappa shape index (κ1) is 14.3. The van der Waals surface area contributed by atoms with Crippen LogP contribution in [0.5, 0.6) is 0 Å². The highest BCUT2D eigenvalue weighted by molar-refractivity contribution is 6.35. The summed E-state index contributed by atoms with van der Waals surface area (Å²) in [6, 6.07) is 1.35. The van der Waals surface area contributed by atoms with Gasteiger partial charge in [0.2, 0.25) is 5.91 Å². The molecule has 2 rings (SSSR count). The van der Waals surface area contributed by atoms with Crippen molar-refractivity contribution in [3.05, 3.63) is 40.4 Å². The molecule has 7 nitrogen and oxygen atoms in total. The van der Waals surface area contributed by atoms with Crippen LogP contribution in [-0.4, -0.2) is 26.6 Å². The van der Waals surface area contributed by atoms with Gasteiger partial charge in [-0.3, -0.25) is 14.3 Å². The zero-order valence-corrected chi connectivity index (χ0v) is 11.5. The predicted octanol–water partition coefficient (Wildman–Crippen LogP) is 1.32. The van der Waals surface area contributed by atoms with E-state index in [0.717, 1.165) is 0 Å². The van der Waals surface area contributed by atoms with E-state index in [4.69, 9.17) is 28.9 Å². The number of hydrogen-bond donors (Lipinski definition) is 2. The Bertz CT molecular complexity index is 671. The summed E-state index contributed by atoms with van der Waals surface area (Å²) in [5, 5.41) is 6.78. The number of rotatable bonds is 4. The normalized spacial score (nSPS) is 10.3. The van der Waals surface area contributed by atoms with Crippen molar-refractivity contribution in [2.75, 3.05) is 5.32 Å². The summed E-state index contributed by atoms with van der Waals surface area (Å²) in [4.78, 5) is 26.5. The number of primary amides is 1. The van der Waals surface area contributed by atoms with Crippen LogP contribution in [-0.2, 0) is 11.3 Å². The first-order valence-electron chi connectivity index (χ1n) is 5.39. The molecule has 2 heterocycles. The molecular weight excluding hydrogens is 305 g/mol. The van der Waals surface area contributed by atoms with Gasteiger partial charge in [-0.05, 0) is 6.07 Å². The van der Waals surface area contributed by atoms with Gasteiger partial charge in [0.25, 0.3) is 5.91 Å². The summed E-state index contributed by atoms with van der Waals surface area (Å²) >= 11 is 11.6. The van der Waals surface area contributed by atoms with Crippen LogP contribution in [0.15, 0.2) is 24.7 Å². The minimum atomic E-state index is -0.532. The first-order chi connectivity index (χ1) is 9.45. The molecule has 2 aromatic rings. The van der Waals surface area contributed by atoms with Gasteiger partial charge in [0, 0.05) is 12.4 Å². The standard InChI is InChI=1S/C11H9Cl2N5O2/c12-8-3-15-9(13)1-7(8)11(20)17-6-2-16-18(4-6)5-10(14)19/h1-4H,5H2,(H2,14,19)(H,17,20). The number of amides is 2. The van der Waals surface area contributed by atoms with Gasteiger partial charge in [-0.15, -0.1) is 0 Å². The molecule has 0 spiro atoms. The Kier molecular flexibility index (Phi) is 4.21. The molecule has 0 atom stereocenters. The van der Waals surface area contributed by atoms with Crippen molar-refractivity contribution in [1.29, 1.82) is 0 Å². The first-order valence-corrected chi connectivity index (χ1v) is 6.14. The van der Waals surface area contributed by atoms with Crippen LogP contribution in [0.4, 0.5) is 5.69 Å². The number of carbonyl (C=O) groups is 2. The molecular formula is C11H9Cl2N5O2. The Morgan fingerprint density at radius 1 is 1.35 bits per heavy atom. The molecule has 2 aromatic heterocycles. The summed E-state index contributed by atoms with van der Waals surface area (Å²) in [6.07, 6.45) is 4.15. The Morgan fingerprint density at radius 2 is 2.10 bits per heavy atom. The number of carbonyl (C=O) groups excluding carboxylic acids is 2. The van der Waals surface area contributed by atoms with Crippen LogP contribution in [0.3, 0.4) is 0 Å². The zero-order chi connectivity index (χ0) is 14.7. The monoisotopic (exact) mass is 313 g/mol. The molecule has 20 heavy (non-hydrogen) atoms. The molecule has 0 saturated carbocycles. The van der Waals surface area contributed by atoms with E-state index in [1.165, 1.54) is 29.3 Å². The number of aromatic nitrogens is 3. The Labute approximate surface area is 123 Å². The molecule has 0 bridgehead atoms. The van der Waals surface area contributed by atoms with Crippen LogP contribution in [0.2, 0.25) is 10.2 Å². The zero-order valence-electron chi connectivity index (χ0n) is 10.0. The highest BCUT2D eigenvalue weighted by Gasteiger charge is 2.13. The summed E-state index contributed by atoms with van der Waals surface area (Å²) in [5.41, 5.74) is 5.63. The molecule has 0 aliphatic rings. The molecule has 0 radical (unpaired) electrons. The molecule has 0 aromatic carbocycles. The highest BCUT2D eigenvalue weighted by atomic mass is 35.5. The van der Waals surface area contributed by atoms with Crippen molar-refractivity contribution in [2.45, 2.75) is 6.54 Å². The lowest BCUT2D eigenvalue weighted by molar-refractivity contribution is -0.118. The summed E-state index contributed by atoms with van der Waals surface area (Å²) in [6.45, 7) is -0.0717. The van der Waals surface area contributed by atoms with Crippen molar-refractivity contribution in [2.24, 2.45) is 5.73 Å². The van der Waals surface area contributed by atoms with Gasteiger partial charge >= 0.3 is 0 Å². The van der Waals surface area contributed by atoms with Crippen LogP contribution < -0.4 is 11.1 Å². The van der Waals surface area contributed by atoms with E-state index in [1.54, 1.807) is 0 Å². The molecule has 2 amide bonds. The van der Waals surface area contributed by atoms with Gasteiger partial charge in [0.05, 0.1) is 22.5 Å². The number of nitrogens with two attached hydrogens (primary N) is 1. The number of nitrogens with zero attached hydrogens (tertiary/aromatic N) is 3. The molecule has 0 aliphatic carbocycles. The molecule has 0 aliphatic heterocycles. The third kappa shape index (κ3) is 3.46. The van der Waals surface area contributed by atoms with E-state index < -0.39 is 11.8 Å². The minimum Gasteiger partial charge on any atom is -0.368 e. The molecule has 0 unspecified atom stereocenters. The summed E-state index contributed by atoms with van der Waals surface area (Å²) in [5.74, 6) is -0.993. The van der Waals surface area contributed by atoms with E-state index in [0.29, 0.717) is 5.69 Å². The number of hydrogen-bond acceptors (Lipinski definition) is 4.